The van der Waals surface area contributed by atoms with E-state index < -0.39 is 17.1 Å². The van der Waals surface area contributed by atoms with Crippen molar-refractivity contribution in [2.75, 3.05) is 17.9 Å². The highest BCUT2D eigenvalue weighted by Gasteiger charge is 2.38. The number of thioether (sulfide) groups is 1. The number of hydrogen-bond donors (Lipinski definition) is 2. The van der Waals surface area contributed by atoms with Crippen molar-refractivity contribution in [3.8, 4) is 17.1 Å². The van der Waals surface area contributed by atoms with Gasteiger partial charge in [0.15, 0.2) is 5.82 Å². The normalized spacial score (nSPS) is 16.9. The average Bonchev–Trinajstić information content (AvgIpc) is 3.28. The first-order valence-electron chi connectivity index (χ1n) is 10.4. The third-order valence-electron chi connectivity index (χ3n) is 5.39. The van der Waals surface area contributed by atoms with Gasteiger partial charge >= 0.3 is 0 Å². The zero-order valence-electron chi connectivity index (χ0n) is 17.9. The number of carbonyl (C=O) groups is 1. The molecule has 0 radical (unpaired) electrons. The van der Waals surface area contributed by atoms with Gasteiger partial charge in [-0.3, -0.25) is 4.79 Å². The van der Waals surface area contributed by atoms with Crippen LogP contribution in [0.1, 0.15) is 11.6 Å². The molecule has 4 aromatic rings. The molecule has 2 atom stereocenters. The van der Waals surface area contributed by atoms with Crippen LogP contribution >= 0.6 is 23.4 Å². The molecule has 0 saturated heterocycles. The fraction of sp³-hybridized carbons (Fsp3) is 0.125. The minimum absolute atomic E-state index is 0.108. The molecule has 0 bridgehead atoms. The molecule has 7 nitrogen and oxygen atoms in total. The Bertz CT molecular complexity index is 1350. The van der Waals surface area contributed by atoms with Crippen LogP contribution in [-0.4, -0.2) is 33.1 Å². The first-order chi connectivity index (χ1) is 16.5. The van der Waals surface area contributed by atoms with Gasteiger partial charge in [0.25, 0.3) is 0 Å². The summed E-state index contributed by atoms with van der Waals surface area (Å²) in [5.74, 6) is 0.245. The summed E-state index contributed by atoms with van der Waals surface area (Å²) in [6.45, 7) is 0. The topological polar surface area (TPSA) is 81.1 Å². The fourth-order valence-electron chi connectivity index (χ4n) is 3.72. The van der Waals surface area contributed by atoms with Crippen LogP contribution < -0.4 is 15.5 Å². The molecule has 1 aromatic heterocycles. The number of anilines is 1. The van der Waals surface area contributed by atoms with Gasteiger partial charge < -0.3 is 15.5 Å². The molecule has 1 amide bonds. The maximum Gasteiger partial charge on any atom is 0.240 e. The van der Waals surface area contributed by atoms with Crippen molar-refractivity contribution in [2.45, 2.75) is 16.4 Å². The minimum atomic E-state index is -0.690. The lowest BCUT2D eigenvalue weighted by molar-refractivity contribution is -0.116. The molecular weight excluding hydrogens is 477 g/mol. The number of carbonyl (C=O) groups excluding carboxylic acids is 1. The highest BCUT2D eigenvalue weighted by atomic mass is 35.5. The summed E-state index contributed by atoms with van der Waals surface area (Å²) in [7, 11) is 1.54. The lowest BCUT2D eigenvalue weighted by Crippen LogP contribution is -2.41. The molecule has 34 heavy (non-hydrogen) atoms. The van der Waals surface area contributed by atoms with E-state index >= 15 is 0 Å². The van der Waals surface area contributed by atoms with Gasteiger partial charge in [0.2, 0.25) is 11.1 Å². The van der Waals surface area contributed by atoms with Crippen LogP contribution in [0.5, 0.6) is 5.75 Å². The molecule has 0 aliphatic carbocycles. The lowest BCUT2D eigenvalue weighted by Gasteiger charge is -2.33. The number of amides is 1. The van der Waals surface area contributed by atoms with Crippen molar-refractivity contribution < 1.29 is 13.9 Å². The van der Waals surface area contributed by atoms with E-state index in [2.05, 4.69) is 20.9 Å². The van der Waals surface area contributed by atoms with E-state index in [-0.39, 0.29) is 11.6 Å². The van der Waals surface area contributed by atoms with Gasteiger partial charge in [-0.2, -0.15) is 0 Å². The van der Waals surface area contributed by atoms with Gasteiger partial charge in [0.05, 0.1) is 23.9 Å². The molecule has 0 spiro atoms. The number of halogens is 2. The van der Waals surface area contributed by atoms with Gasteiger partial charge in [-0.05, 0) is 29.8 Å². The number of hydrogen-bond acceptors (Lipinski definition) is 6. The monoisotopic (exact) mass is 495 g/mol. The summed E-state index contributed by atoms with van der Waals surface area (Å²) in [5.41, 5.74) is 5.11. The Kier molecular flexibility index (Phi) is 6.12. The Morgan fingerprint density at radius 3 is 2.62 bits per heavy atom. The minimum Gasteiger partial charge on any atom is -0.495 e. The molecule has 3 aromatic carbocycles. The van der Waals surface area contributed by atoms with Gasteiger partial charge in [-0.1, -0.05) is 71.9 Å². The molecular formula is C24H19ClFN5O2S. The zero-order chi connectivity index (χ0) is 23.7. The van der Waals surface area contributed by atoms with Gasteiger partial charge in [0, 0.05) is 5.56 Å². The summed E-state index contributed by atoms with van der Waals surface area (Å²) in [6.07, 6.45) is 0. The number of nitrogens with zero attached hydrogens (tertiary/aromatic N) is 3. The van der Waals surface area contributed by atoms with E-state index in [4.69, 9.17) is 16.3 Å². The van der Waals surface area contributed by atoms with E-state index in [0.717, 1.165) is 11.1 Å². The maximum absolute atomic E-state index is 14.2. The van der Waals surface area contributed by atoms with Crippen LogP contribution in [0.15, 0.2) is 78.0 Å². The van der Waals surface area contributed by atoms with Crippen LogP contribution in [0, 0.1) is 5.82 Å². The van der Waals surface area contributed by atoms with Gasteiger partial charge in [0.1, 0.15) is 16.8 Å². The molecule has 2 N–H and O–H groups in total. The van der Waals surface area contributed by atoms with Crippen LogP contribution in [0.3, 0.4) is 0 Å². The molecule has 5 rings (SSSR count). The highest BCUT2D eigenvalue weighted by Crippen LogP contribution is 2.40. The number of ether oxygens (including phenoxy) is 1. The molecule has 2 unspecified atom stereocenters. The molecule has 172 valence electrons. The van der Waals surface area contributed by atoms with Gasteiger partial charge in [-0.15, -0.1) is 10.2 Å². The first-order valence-corrected chi connectivity index (χ1v) is 11.6. The van der Waals surface area contributed by atoms with Crippen molar-refractivity contribution >= 4 is 35.0 Å². The largest absolute Gasteiger partial charge is 0.495 e. The standard InChI is InChI=1S/C24H19ClFN5O2S/c1-33-19-12-11-15(13-16(19)25)20-21(23(32)27-18-10-6-5-9-17(18)26)34-24-29-28-22(31(24)30-20)14-7-3-2-4-8-14/h2-13,20-21,30H,1H3,(H,27,32). The van der Waals surface area contributed by atoms with Crippen molar-refractivity contribution in [1.82, 2.24) is 14.9 Å². The van der Waals surface area contributed by atoms with Crippen molar-refractivity contribution in [1.29, 1.82) is 0 Å². The number of aromatic nitrogens is 3. The van der Waals surface area contributed by atoms with E-state index in [0.29, 0.717) is 21.8 Å². The summed E-state index contributed by atoms with van der Waals surface area (Å²) >= 11 is 7.63. The number of rotatable bonds is 5. The number of methoxy groups -OCH3 is 1. The smallest absolute Gasteiger partial charge is 0.240 e. The summed E-state index contributed by atoms with van der Waals surface area (Å²) in [6, 6.07) is 20.5. The maximum atomic E-state index is 14.2. The zero-order valence-corrected chi connectivity index (χ0v) is 19.5. The number of fused-ring (bicyclic) bond motifs is 1. The molecule has 2 heterocycles. The SMILES string of the molecule is COc1ccc(C2Nn3c(nnc3-c3ccccc3)SC2C(=O)Nc2ccccc2F)cc1Cl. The van der Waals surface area contributed by atoms with Gasteiger partial charge in [-0.25, -0.2) is 9.07 Å². The summed E-state index contributed by atoms with van der Waals surface area (Å²) in [4.78, 5) is 13.3. The molecule has 1 aliphatic heterocycles. The predicted octanol–water partition coefficient (Wildman–Crippen LogP) is 5.14. The van der Waals surface area contributed by atoms with E-state index in [9.17, 15) is 9.18 Å². The lowest BCUT2D eigenvalue weighted by atomic mass is 10.0. The van der Waals surface area contributed by atoms with Crippen LogP contribution in [0.4, 0.5) is 10.1 Å². The van der Waals surface area contributed by atoms with E-state index in [1.165, 1.54) is 31.0 Å². The first kappa shape index (κ1) is 22.2. The number of nitrogens with one attached hydrogen (secondary N) is 2. The average molecular weight is 496 g/mol. The summed E-state index contributed by atoms with van der Waals surface area (Å²) in [5, 5.41) is 11.5. The quantitative estimate of drug-likeness (QED) is 0.399. The molecule has 0 fully saturated rings. The Labute approximate surface area is 204 Å². The third kappa shape index (κ3) is 4.20. The van der Waals surface area contributed by atoms with Crippen LogP contribution in [0.2, 0.25) is 5.02 Å². The Balaban J connectivity index is 1.54. The summed E-state index contributed by atoms with van der Waals surface area (Å²) < 4.78 is 21.2. The van der Waals surface area contributed by atoms with E-state index in [1.54, 1.807) is 28.9 Å². The van der Waals surface area contributed by atoms with Crippen molar-refractivity contribution in [3.63, 3.8) is 0 Å². The van der Waals surface area contributed by atoms with Crippen molar-refractivity contribution in [2.24, 2.45) is 0 Å². The second kappa shape index (κ2) is 9.36. The molecule has 1 aliphatic rings. The van der Waals surface area contributed by atoms with Crippen LogP contribution in [-0.2, 0) is 4.79 Å². The number of para-hydroxylation sites is 1. The second-order valence-corrected chi connectivity index (χ2v) is 9.03. The van der Waals surface area contributed by atoms with E-state index in [1.807, 2.05) is 36.4 Å². The highest BCUT2D eigenvalue weighted by molar-refractivity contribution is 8.00. The molecule has 10 heteroatoms. The van der Waals surface area contributed by atoms with Crippen molar-refractivity contribution in [3.05, 3.63) is 89.2 Å². The Hall–Kier alpha value is -3.56. The van der Waals surface area contributed by atoms with Crippen LogP contribution in [0.25, 0.3) is 11.4 Å². The Morgan fingerprint density at radius 1 is 1.12 bits per heavy atom. The number of benzene rings is 3. The molecule has 0 saturated carbocycles. The predicted molar refractivity (Wildman–Crippen MR) is 130 cm³/mol. The second-order valence-electron chi connectivity index (χ2n) is 7.52. The third-order valence-corrected chi connectivity index (χ3v) is 6.90. The fourth-order valence-corrected chi connectivity index (χ4v) is 5.07. The Morgan fingerprint density at radius 2 is 1.88 bits per heavy atom.